The van der Waals surface area contributed by atoms with Crippen molar-refractivity contribution in [2.75, 3.05) is 33.4 Å². The Kier molecular flexibility index (Phi) is 9.00. The van der Waals surface area contributed by atoms with Crippen molar-refractivity contribution in [3.05, 3.63) is 35.4 Å². The lowest BCUT2D eigenvalue weighted by atomic mass is 10.1. The number of hydrogen-bond acceptors (Lipinski definition) is 3. The first-order valence-corrected chi connectivity index (χ1v) is 6.10. The Balaban J connectivity index is 0.00000400. The second-order valence-electron chi connectivity index (χ2n) is 4.07. The maximum absolute atomic E-state index is 12.4. The fourth-order valence-corrected chi connectivity index (χ4v) is 1.48. The van der Waals surface area contributed by atoms with Gasteiger partial charge in [0, 0.05) is 32.3 Å². The number of halogens is 4. The molecule has 21 heavy (non-hydrogen) atoms. The van der Waals surface area contributed by atoms with Crippen LogP contribution >= 0.6 is 12.4 Å². The molecule has 120 valence electrons. The largest absolute Gasteiger partial charge is 0.416 e. The van der Waals surface area contributed by atoms with Crippen molar-refractivity contribution < 1.29 is 22.7 Å². The van der Waals surface area contributed by atoms with Gasteiger partial charge in [0.2, 0.25) is 0 Å². The van der Waals surface area contributed by atoms with Crippen molar-refractivity contribution in [1.29, 1.82) is 0 Å². The van der Waals surface area contributed by atoms with Crippen LogP contribution in [0.4, 0.5) is 13.2 Å². The third-order valence-electron chi connectivity index (χ3n) is 2.54. The van der Waals surface area contributed by atoms with Gasteiger partial charge in [-0.15, -0.1) is 12.4 Å². The fraction of sp³-hybridized carbons (Fsp3) is 0.462. The zero-order valence-electron chi connectivity index (χ0n) is 11.5. The molecule has 1 rings (SSSR count). The topological polar surface area (TPSA) is 50.4 Å². The summed E-state index contributed by atoms with van der Waals surface area (Å²) in [6, 6.07) is 4.12. The number of carbonyl (C=O) groups is 1. The highest BCUT2D eigenvalue weighted by Crippen LogP contribution is 2.28. The molecule has 0 aliphatic heterocycles. The van der Waals surface area contributed by atoms with E-state index in [-0.39, 0.29) is 18.0 Å². The van der Waals surface area contributed by atoms with Gasteiger partial charge in [-0.2, -0.15) is 13.2 Å². The highest BCUT2D eigenvalue weighted by Gasteiger charge is 2.30. The number of alkyl halides is 3. The summed E-state index contributed by atoms with van der Waals surface area (Å²) < 4.78 is 41.9. The lowest BCUT2D eigenvalue weighted by Crippen LogP contribution is -2.33. The molecular formula is C13H18ClF3N2O2. The summed E-state index contributed by atoms with van der Waals surface area (Å²) in [6.45, 7) is 2.21. The Morgan fingerprint density at radius 1 is 1.14 bits per heavy atom. The molecule has 1 aromatic carbocycles. The van der Waals surface area contributed by atoms with Gasteiger partial charge in [0.15, 0.2) is 0 Å². The molecule has 0 saturated heterocycles. The zero-order chi connectivity index (χ0) is 15.0. The van der Waals surface area contributed by atoms with Crippen LogP contribution < -0.4 is 10.6 Å². The molecule has 0 unspecified atom stereocenters. The van der Waals surface area contributed by atoms with E-state index in [2.05, 4.69) is 10.6 Å². The first-order chi connectivity index (χ1) is 9.45. The molecule has 0 fully saturated rings. The molecule has 0 atom stereocenters. The standard InChI is InChI=1S/C13H17F3N2O2.ClH/c1-20-9-8-17-6-7-18-12(19)10-2-4-11(5-3-10)13(14,15)16;/h2-5,17H,6-9H2,1H3,(H,18,19);1H. The van der Waals surface area contributed by atoms with E-state index in [1.54, 1.807) is 7.11 Å². The van der Waals surface area contributed by atoms with E-state index in [0.717, 1.165) is 24.3 Å². The van der Waals surface area contributed by atoms with Crippen LogP contribution in [0.1, 0.15) is 15.9 Å². The fourth-order valence-electron chi connectivity index (χ4n) is 1.48. The van der Waals surface area contributed by atoms with Crippen molar-refractivity contribution in [3.8, 4) is 0 Å². The molecule has 0 aliphatic rings. The van der Waals surface area contributed by atoms with Crippen molar-refractivity contribution in [2.45, 2.75) is 6.18 Å². The number of nitrogens with one attached hydrogen (secondary N) is 2. The maximum Gasteiger partial charge on any atom is 0.416 e. The summed E-state index contributed by atoms with van der Waals surface area (Å²) in [5.74, 6) is -0.396. The molecule has 8 heteroatoms. The molecular weight excluding hydrogens is 309 g/mol. The van der Waals surface area contributed by atoms with Gasteiger partial charge in [-0.1, -0.05) is 0 Å². The van der Waals surface area contributed by atoms with Gasteiger partial charge in [0.25, 0.3) is 5.91 Å². The second-order valence-corrected chi connectivity index (χ2v) is 4.07. The molecule has 0 spiro atoms. The lowest BCUT2D eigenvalue weighted by molar-refractivity contribution is -0.137. The Morgan fingerprint density at radius 2 is 1.76 bits per heavy atom. The number of benzene rings is 1. The van der Waals surface area contributed by atoms with Crippen LogP contribution in [0, 0.1) is 0 Å². The van der Waals surface area contributed by atoms with E-state index in [4.69, 9.17) is 4.74 Å². The zero-order valence-corrected chi connectivity index (χ0v) is 12.3. The Bertz CT molecular complexity index is 424. The van der Waals surface area contributed by atoms with Crippen molar-refractivity contribution >= 4 is 18.3 Å². The Morgan fingerprint density at radius 3 is 2.29 bits per heavy atom. The summed E-state index contributed by atoms with van der Waals surface area (Å²) in [5, 5.41) is 5.64. The quantitative estimate of drug-likeness (QED) is 0.754. The number of ether oxygens (including phenoxy) is 1. The monoisotopic (exact) mass is 326 g/mol. The van der Waals surface area contributed by atoms with Crippen molar-refractivity contribution in [1.82, 2.24) is 10.6 Å². The van der Waals surface area contributed by atoms with Crippen LogP contribution in [-0.2, 0) is 10.9 Å². The number of carbonyl (C=O) groups excluding carboxylic acids is 1. The van der Waals surface area contributed by atoms with Gasteiger partial charge in [0.05, 0.1) is 12.2 Å². The minimum atomic E-state index is -4.39. The molecule has 2 N–H and O–H groups in total. The Hall–Kier alpha value is -1.31. The summed E-state index contributed by atoms with van der Waals surface area (Å²) >= 11 is 0. The SMILES string of the molecule is COCCNCCNC(=O)c1ccc(C(F)(F)F)cc1.Cl. The summed E-state index contributed by atoms with van der Waals surface area (Å²) in [5.41, 5.74) is -0.565. The van der Waals surface area contributed by atoms with E-state index >= 15 is 0 Å². The van der Waals surface area contributed by atoms with E-state index in [0.29, 0.717) is 26.2 Å². The maximum atomic E-state index is 12.4. The summed E-state index contributed by atoms with van der Waals surface area (Å²) in [4.78, 5) is 11.6. The molecule has 1 aromatic rings. The van der Waals surface area contributed by atoms with Gasteiger partial charge in [0.1, 0.15) is 0 Å². The average Bonchev–Trinajstić information content (AvgIpc) is 2.41. The van der Waals surface area contributed by atoms with Crippen molar-refractivity contribution in [2.24, 2.45) is 0 Å². The molecule has 0 aromatic heterocycles. The van der Waals surface area contributed by atoms with Crippen LogP contribution in [0.2, 0.25) is 0 Å². The molecule has 0 saturated carbocycles. The predicted octanol–water partition coefficient (Wildman–Crippen LogP) is 2.09. The van der Waals surface area contributed by atoms with Gasteiger partial charge in [-0.3, -0.25) is 4.79 Å². The smallest absolute Gasteiger partial charge is 0.383 e. The summed E-state index contributed by atoms with van der Waals surface area (Å²) in [6.07, 6.45) is -4.39. The highest BCUT2D eigenvalue weighted by molar-refractivity contribution is 5.94. The summed E-state index contributed by atoms with van der Waals surface area (Å²) in [7, 11) is 1.59. The molecule has 0 bridgehead atoms. The normalized spacial score (nSPS) is 10.9. The van der Waals surface area contributed by atoms with Gasteiger partial charge < -0.3 is 15.4 Å². The Labute approximate surface area is 127 Å². The van der Waals surface area contributed by atoms with Crippen LogP contribution in [0.25, 0.3) is 0 Å². The van der Waals surface area contributed by atoms with E-state index in [1.807, 2.05) is 0 Å². The molecule has 0 aliphatic carbocycles. The van der Waals surface area contributed by atoms with Gasteiger partial charge in [-0.25, -0.2) is 0 Å². The van der Waals surface area contributed by atoms with Crippen LogP contribution in [0.15, 0.2) is 24.3 Å². The number of rotatable bonds is 7. The van der Waals surface area contributed by atoms with Crippen LogP contribution in [0.3, 0.4) is 0 Å². The van der Waals surface area contributed by atoms with Crippen LogP contribution in [0.5, 0.6) is 0 Å². The number of hydrogen-bond donors (Lipinski definition) is 2. The third kappa shape index (κ3) is 7.31. The molecule has 4 nitrogen and oxygen atoms in total. The van der Waals surface area contributed by atoms with Gasteiger partial charge in [-0.05, 0) is 24.3 Å². The van der Waals surface area contributed by atoms with E-state index in [9.17, 15) is 18.0 Å². The minimum Gasteiger partial charge on any atom is -0.383 e. The molecule has 0 heterocycles. The molecule has 0 radical (unpaired) electrons. The van der Waals surface area contributed by atoms with Crippen molar-refractivity contribution in [3.63, 3.8) is 0 Å². The average molecular weight is 327 g/mol. The first kappa shape index (κ1) is 19.7. The number of methoxy groups -OCH3 is 1. The predicted molar refractivity (Wildman–Crippen MR) is 75.8 cm³/mol. The second kappa shape index (κ2) is 9.59. The van der Waals surface area contributed by atoms with Gasteiger partial charge >= 0.3 is 6.18 Å². The third-order valence-corrected chi connectivity index (χ3v) is 2.54. The van der Waals surface area contributed by atoms with E-state index in [1.165, 1.54) is 0 Å². The number of amides is 1. The van der Waals surface area contributed by atoms with Crippen LogP contribution in [-0.4, -0.2) is 39.3 Å². The lowest BCUT2D eigenvalue weighted by Gasteiger charge is -2.09. The highest BCUT2D eigenvalue weighted by atomic mass is 35.5. The molecule has 1 amide bonds. The first-order valence-electron chi connectivity index (χ1n) is 6.10. The van der Waals surface area contributed by atoms with E-state index < -0.39 is 17.6 Å². The minimum absolute atomic E-state index is 0.